The molecule has 0 fully saturated rings. The highest BCUT2D eigenvalue weighted by molar-refractivity contribution is 9.10. The summed E-state index contributed by atoms with van der Waals surface area (Å²) in [7, 11) is 0. The first kappa shape index (κ1) is 22.7. The van der Waals surface area contributed by atoms with Crippen LogP contribution in [0.5, 0.6) is 11.5 Å². The number of hydrogen-bond acceptors (Lipinski definition) is 4. The summed E-state index contributed by atoms with van der Waals surface area (Å²) in [5.74, 6) is 1.53. The minimum absolute atomic E-state index is 0.287. The predicted octanol–water partition coefficient (Wildman–Crippen LogP) is 5.64. The minimum Gasteiger partial charge on any atom is -0.490 e. The van der Waals surface area contributed by atoms with Gasteiger partial charge in [-0.3, -0.25) is 0 Å². The van der Waals surface area contributed by atoms with Gasteiger partial charge in [0.05, 0.1) is 12.7 Å². The van der Waals surface area contributed by atoms with Gasteiger partial charge in [-0.1, -0.05) is 45.8 Å². The molecule has 28 heavy (non-hydrogen) atoms. The molecule has 2 aromatic carbocycles. The second kappa shape index (κ2) is 12.1. The van der Waals surface area contributed by atoms with Crippen LogP contribution in [0.4, 0.5) is 0 Å². The highest BCUT2D eigenvalue weighted by atomic mass is 79.9. The zero-order valence-electron chi connectivity index (χ0n) is 17.4. The third-order valence-electron chi connectivity index (χ3n) is 4.15. The number of ether oxygens (including phenoxy) is 3. The molecule has 0 saturated heterocycles. The van der Waals surface area contributed by atoms with Crippen LogP contribution in [-0.4, -0.2) is 25.9 Å². The molecule has 0 aliphatic rings. The van der Waals surface area contributed by atoms with Crippen molar-refractivity contribution in [3.8, 4) is 11.5 Å². The summed E-state index contributed by atoms with van der Waals surface area (Å²) in [5.41, 5.74) is 3.52. The lowest BCUT2D eigenvalue weighted by molar-refractivity contribution is 0.0770. The molecule has 0 saturated carbocycles. The standard InChI is InChI=1S/C23H32BrNO3/c1-5-26-22-13-20(15-25-10-7-11-27-17(2)3)21(24)14-23(22)28-16-19-9-6-8-18(4)12-19/h6,8-9,12-14,17,25H,5,7,10-11,15-16H2,1-4H3. The van der Waals surface area contributed by atoms with E-state index < -0.39 is 0 Å². The average Bonchev–Trinajstić information content (AvgIpc) is 2.65. The van der Waals surface area contributed by atoms with Gasteiger partial charge in [-0.05, 0) is 63.9 Å². The predicted molar refractivity (Wildman–Crippen MR) is 118 cm³/mol. The first-order chi connectivity index (χ1) is 13.5. The Bertz CT molecular complexity index is 734. The van der Waals surface area contributed by atoms with Gasteiger partial charge in [0.15, 0.2) is 11.5 Å². The van der Waals surface area contributed by atoms with Crippen LogP contribution < -0.4 is 14.8 Å². The maximum atomic E-state index is 6.05. The molecule has 0 spiro atoms. The summed E-state index contributed by atoms with van der Waals surface area (Å²) in [6.45, 7) is 11.8. The van der Waals surface area contributed by atoms with Gasteiger partial charge >= 0.3 is 0 Å². The van der Waals surface area contributed by atoms with Gasteiger partial charge in [-0.15, -0.1) is 0 Å². The molecule has 2 aromatic rings. The molecule has 154 valence electrons. The molecule has 0 aliphatic heterocycles. The molecule has 0 atom stereocenters. The fourth-order valence-corrected chi connectivity index (χ4v) is 3.26. The first-order valence-electron chi connectivity index (χ1n) is 9.95. The lowest BCUT2D eigenvalue weighted by atomic mass is 10.1. The van der Waals surface area contributed by atoms with E-state index in [1.165, 1.54) is 5.56 Å². The van der Waals surface area contributed by atoms with Gasteiger partial charge in [-0.25, -0.2) is 0 Å². The Morgan fingerprint density at radius 3 is 2.57 bits per heavy atom. The number of halogens is 1. The number of aryl methyl sites for hydroxylation is 1. The Morgan fingerprint density at radius 1 is 1.07 bits per heavy atom. The van der Waals surface area contributed by atoms with E-state index >= 15 is 0 Å². The minimum atomic E-state index is 0.287. The molecule has 0 amide bonds. The quantitative estimate of drug-likeness (QED) is 0.425. The molecule has 0 heterocycles. The van der Waals surface area contributed by atoms with Crippen molar-refractivity contribution >= 4 is 15.9 Å². The van der Waals surface area contributed by atoms with Crippen molar-refractivity contribution in [3.63, 3.8) is 0 Å². The Hall–Kier alpha value is -1.56. The molecule has 4 nitrogen and oxygen atoms in total. The van der Waals surface area contributed by atoms with Crippen molar-refractivity contribution in [2.45, 2.75) is 53.4 Å². The highest BCUT2D eigenvalue weighted by Crippen LogP contribution is 2.34. The van der Waals surface area contributed by atoms with E-state index in [4.69, 9.17) is 14.2 Å². The molecule has 1 N–H and O–H groups in total. The third kappa shape index (κ3) is 7.82. The summed E-state index contributed by atoms with van der Waals surface area (Å²) in [5, 5.41) is 3.46. The van der Waals surface area contributed by atoms with Crippen molar-refractivity contribution in [1.29, 1.82) is 0 Å². The number of rotatable bonds is 12. The Labute approximate surface area is 177 Å². The van der Waals surface area contributed by atoms with Gasteiger partial charge in [0.1, 0.15) is 6.61 Å². The van der Waals surface area contributed by atoms with Crippen LogP contribution in [0.25, 0.3) is 0 Å². The van der Waals surface area contributed by atoms with E-state index in [0.29, 0.717) is 13.2 Å². The van der Waals surface area contributed by atoms with E-state index in [1.54, 1.807) is 0 Å². The van der Waals surface area contributed by atoms with E-state index in [9.17, 15) is 0 Å². The third-order valence-corrected chi connectivity index (χ3v) is 4.89. The fraction of sp³-hybridized carbons (Fsp3) is 0.478. The maximum absolute atomic E-state index is 6.05. The maximum Gasteiger partial charge on any atom is 0.162 e. The number of hydrogen-bond donors (Lipinski definition) is 1. The van der Waals surface area contributed by atoms with Crippen molar-refractivity contribution < 1.29 is 14.2 Å². The molecule has 5 heteroatoms. The van der Waals surface area contributed by atoms with E-state index in [2.05, 4.69) is 66.3 Å². The van der Waals surface area contributed by atoms with Gasteiger partial charge in [0.2, 0.25) is 0 Å². The van der Waals surface area contributed by atoms with Crippen LogP contribution in [0.3, 0.4) is 0 Å². The van der Waals surface area contributed by atoms with E-state index in [0.717, 1.165) is 53.2 Å². The van der Waals surface area contributed by atoms with Gasteiger partial charge < -0.3 is 19.5 Å². The lowest BCUT2D eigenvalue weighted by Gasteiger charge is -2.16. The summed E-state index contributed by atoms with van der Waals surface area (Å²) >= 11 is 3.67. The van der Waals surface area contributed by atoms with Gasteiger partial charge in [0, 0.05) is 17.6 Å². The van der Waals surface area contributed by atoms with Crippen LogP contribution in [-0.2, 0) is 17.9 Å². The molecule has 0 radical (unpaired) electrons. The number of benzene rings is 2. The second-order valence-corrected chi connectivity index (χ2v) is 7.91. The summed E-state index contributed by atoms with van der Waals surface area (Å²) in [6, 6.07) is 12.4. The SMILES string of the molecule is CCOc1cc(CNCCCOC(C)C)c(Br)cc1OCc1cccc(C)c1. The normalized spacial score (nSPS) is 11.1. The van der Waals surface area contributed by atoms with Gasteiger partial charge in [-0.2, -0.15) is 0 Å². The smallest absolute Gasteiger partial charge is 0.162 e. The summed E-state index contributed by atoms with van der Waals surface area (Å²) in [4.78, 5) is 0. The zero-order chi connectivity index (χ0) is 20.4. The van der Waals surface area contributed by atoms with Crippen LogP contribution >= 0.6 is 15.9 Å². The fourth-order valence-electron chi connectivity index (χ4n) is 2.80. The topological polar surface area (TPSA) is 39.7 Å². The molecule has 0 aliphatic carbocycles. The Balaban J connectivity index is 1.96. The molecular weight excluding hydrogens is 418 g/mol. The van der Waals surface area contributed by atoms with Crippen molar-refractivity contribution in [1.82, 2.24) is 5.32 Å². The Kier molecular flexibility index (Phi) is 9.82. The zero-order valence-corrected chi connectivity index (χ0v) is 19.0. The van der Waals surface area contributed by atoms with Crippen LogP contribution in [0.2, 0.25) is 0 Å². The average molecular weight is 450 g/mol. The van der Waals surface area contributed by atoms with Crippen LogP contribution in [0, 0.1) is 6.92 Å². The second-order valence-electron chi connectivity index (χ2n) is 7.05. The molecule has 0 bridgehead atoms. The van der Waals surface area contributed by atoms with Crippen molar-refractivity contribution in [3.05, 3.63) is 57.6 Å². The van der Waals surface area contributed by atoms with E-state index in [-0.39, 0.29) is 6.10 Å². The summed E-state index contributed by atoms with van der Waals surface area (Å²) < 4.78 is 18.5. The van der Waals surface area contributed by atoms with Crippen molar-refractivity contribution in [2.75, 3.05) is 19.8 Å². The number of nitrogens with one attached hydrogen (secondary N) is 1. The molecule has 0 aromatic heterocycles. The highest BCUT2D eigenvalue weighted by Gasteiger charge is 2.11. The molecule has 2 rings (SSSR count). The molecular formula is C23H32BrNO3. The van der Waals surface area contributed by atoms with Crippen molar-refractivity contribution in [2.24, 2.45) is 0 Å². The monoisotopic (exact) mass is 449 g/mol. The van der Waals surface area contributed by atoms with Crippen LogP contribution in [0.15, 0.2) is 40.9 Å². The summed E-state index contributed by atoms with van der Waals surface area (Å²) in [6.07, 6.45) is 1.28. The van der Waals surface area contributed by atoms with Gasteiger partial charge in [0.25, 0.3) is 0 Å². The van der Waals surface area contributed by atoms with Crippen LogP contribution in [0.1, 0.15) is 43.9 Å². The molecule has 0 unspecified atom stereocenters. The largest absolute Gasteiger partial charge is 0.490 e. The Morgan fingerprint density at radius 2 is 1.86 bits per heavy atom. The first-order valence-corrected chi connectivity index (χ1v) is 10.7. The lowest BCUT2D eigenvalue weighted by Crippen LogP contribution is -2.17. The van der Waals surface area contributed by atoms with E-state index in [1.807, 2.05) is 19.1 Å².